The van der Waals surface area contributed by atoms with Crippen LogP contribution in [0.25, 0.3) is 0 Å². The zero-order chi connectivity index (χ0) is 31.1. The van der Waals surface area contributed by atoms with Gasteiger partial charge in [0.2, 0.25) is 5.91 Å². The van der Waals surface area contributed by atoms with Gasteiger partial charge >= 0.3 is 12.1 Å². The summed E-state index contributed by atoms with van der Waals surface area (Å²) in [4.78, 5) is 41.9. The number of carbonyl (C=O) groups excluding carboxylic acids is 3. The molecule has 1 saturated carbocycles. The molecule has 0 aromatic heterocycles. The van der Waals surface area contributed by atoms with Crippen LogP contribution in [0.5, 0.6) is 5.75 Å². The monoisotopic (exact) mass is 605 g/mol. The Balaban J connectivity index is 1.02. The number of piperidine rings is 1. The number of hydrogen-bond donors (Lipinski definition) is 3. The van der Waals surface area contributed by atoms with Crippen molar-refractivity contribution >= 4 is 35.1 Å². The molecule has 2 saturated heterocycles. The number of hydrogen-bond acceptors (Lipinski definition) is 6. The Morgan fingerprint density at radius 3 is 2.14 bits per heavy atom. The van der Waals surface area contributed by atoms with E-state index in [1.54, 1.807) is 4.90 Å². The molecule has 3 N–H and O–H groups in total. The minimum atomic E-state index is -0.552. The summed E-state index contributed by atoms with van der Waals surface area (Å²) in [5, 5.41) is 8.91. The molecule has 0 radical (unpaired) electrons. The van der Waals surface area contributed by atoms with Gasteiger partial charge in [0, 0.05) is 49.8 Å². The maximum atomic E-state index is 12.9. The van der Waals surface area contributed by atoms with Gasteiger partial charge in [-0.3, -0.25) is 4.79 Å². The molecule has 4 amide bonds. The van der Waals surface area contributed by atoms with E-state index in [1.165, 1.54) is 12.8 Å². The maximum Gasteiger partial charge on any atom is 0.410 e. The summed E-state index contributed by atoms with van der Waals surface area (Å²) in [6.07, 6.45) is 7.19. The highest BCUT2D eigenvalue weighted by Crippen LogP contribution is 2.27. The van der Waals surface area contributed by atoms with Gasteiger partial charge in [0.15, 0.2) is 0 Å². The number of ether oxygens (including phenoxy) is 2. The number of urea groups is 1. The van der Waals surface area contributed by atoms with Crippen LogP contribution in [0.15, 0.2) is 48.5 Å². The number of rotatable bonds is 8. The zero-order valence-electron chi connectivity index (χ0n) is 26.3. The van der Waals surface area contributed by atoms with Crippen LogP contribution < -0.4 is 25.6 Å². The second-order valence-electron chi connectivity index (χ2n) is 13.3. The molecule has 0 spiro atoms. The molecule has 2 unspecified atom stereocenters. The predicted molar refractivity (Wildman–Crippen MR) is 172 cm³/mol. The Labute approximate surface area is 260 Å². The second kappa shape index (κ2) is 14.2. The van der Waals surface area contributed by atoms with Crippen molar-refractivity contribution in [2.75, 3.05) is 48.3 Å². The molecule has 5 rings (SSSR count). The topological polar surface area (TPSA) is 112 Å². The fraction of sp³-hybridized carbons (Fsp3) is 0.559. The highest BCUT2D eigenvalue weighted by molar-refractivity contribution is 5.99. The van der Waals surface area contributed by atoms with E-state index in [0.29, 0.717) is 43.0 Å². The first-order valence-corrected chi connectivity index (χ1v) is 16.1. The van der Waals surface area contributed by atoms with Crippen molar-refractivity contribution < 1.29 is 23.9 Å². The first-order chi connectivity index (χ1) is 21.1. The third kappa shape index (κ3) is 9.03. The van der Waals surface area contributed by atoms with Crippen LogP contribution in [-0.4, -0.2) is 67.4 Å². The van der Waals surface area contributed by atoms with Gasteiger partial charge < -0.3 is 35.2 Å². The normalized spacial score (nSPS) is 20.7. The Hall–Kier alpha value is -3.95. The van der Waals surface area contributed by atoms with Crippen molar-refractivity contribution in [2.24, 2.45) is 11.8 Å². The van der Waals surface area contributed by atoms with Gasteiger partial charge in [0.25, 0.3) is 0 Å². The number of amides is 4. The van der Waals surface area contributed by atoms with Crippen molar-refractivity contribution in [3.05, 3.63) is 48.5 Å². The van der Waals surface area contributed by atoms with Crippen LogP contribution in [0.1, 0.15) is 65.7 Å². The molecule has 2 aromatic rings. The molecule has 3 fully saturated rings. The molecule has 10 nitrogen and oxygen atoms in total. The zero-order valence-corrected chi connectivity index (χ0v) is 26.3. The summed E-state index contributed by atoms with van der Waals surface area (Å²) in [5.41, 5.74) is 1.95. The third-order valence-electron chi connectivity index (χ3n) is 8.50. The van der Waals surface area contributed by atoms with Crippen LogP contribution in [-0.2, 0) is 9.53 Å². The number of anilines is 3. The van der Waals surface area contributed by atoms with Crippen LogP contribution in [0, 0.1) is 11.8 Å². The van der Waals surface area contributed by atoms with E-state index in [2.05, 4.69) is 20.9 Å². The molecule has 0 bridgehead atoms. The van der Waals surface area contributed by atoms with E-state index >= 15 is 0 Å². The van der Waals surface area contributed by atoms with Gasteiger partial charge in [-0.2, -0.15) is 0 Å². The number of nitrogens with one attached hydrogen (secondary N) is 3. The van der Waals surface area contributed by atoms with E-state index in [9.17, 15) is 14.4 Å². The number of benzene rings is 2. The van der Waals surface area contributed by atoms with Crippen molar-refractivity contribution in [2.45, 2.75) is 77.4 Å². The van der Waals surface area contributed by atoms with Crippen molar-refractivity contribution in [3.63, 3.8) is 0 Å². The molecule has 2 aliphatic heterocycles. The number of likely N-dealkylation sites (tertiary alicyclic amines) is 1. The van der Waals surface area contributed by atoms with Gasteiger partial charge in [-0.15, -0.1) is 0 Å². The Morgan fingerprint density at radius 2 is 1.48 bits per heavy atom. The lowest BCUT2D eigenvalue weighted by molar-refractivity contribution is -0.126. The molecule has 238 valence electrons. The number of nitrogens with zero attached hydrogens (tertiary/aromatic N) is 2. The summed E-state index contributed by atoms with van der Waals surface area (Å²) in [6, 6.07) is 15.0. The van der Waals surface area contributed by atoms with Crippen LogP contribution in [0.4, 0.5) is 26.7 Å². The van der Waals surface area contributed by atoms with E-state index in [-0.39, 0.29) is 23.9 Å². The molecule has 2 aromatic carbocycles. The van der Waals surface area contributed by atoms with Crippen LogP contribution in [0.2, 0.25) is 0 Å². The Kier molecular flexibility index (Phi) is 10.2. The fourth-order valence-corrected chi connectivity index (χ4v) is 6.17. The highest BCUT2D eigenvalue weighted by atomic mass is 16.6. The average molecular weight is 606 g/mol. The lowest BCUT2D eigenvalue weighted by Crippen LogP contribution is -2.47. The third-order valence-corrected chi connectivity index (χ3v) is 8.50. The van der Waals surface area contributed by atoms with E-state index in [4.69, 9.17) is 9.47 Å². The molecule has 2 heterocycles. The molecular weight excluding hydrogens is 558 g/mol. The Bertz CT molecular complexity index is 1270. The second-order valence-corrected chi connectivity index (χ2v) is 13.3. The van der Waals surface area contributed by atoms with E-state index in [0.717, 1.165) is 56.6 Å². The van der Waals surface area contributed by atoms with Gasteiger partial charge in [-0.25, -0.2) is 9.59 Å². The van der Waals surface area contributed by atoms with Crippen molar-refractivity contribution in [3.8, 4) is 5.75 Å². The molecule has 10 heteroatoms. The fourth-order valence-electron chi connectivity index (χ4n) is 6.17. The summed E-state index contributed by atoms with van der Waals surface area (Å²) >= 11 is 0. The summed E-state index contributed by atoms with van der Waals surface area (Å²) in [7, 11) is 0. The smallest absolute Gasteiger partial charge is 0.410 e. The lowest BCUT2D eigenvalue weighted by Gasteiger charge is -2.33. The van der Waals surface area contributed by atoms with Crippen molar-refractivity contribution in [1.82, 2.24) is 10.2 Å². The highest BCUT2D eigenvalue weighted by Gasteiger charge is 2.32. The maximum absolute atomic E-state index is 12.9. The first kappa shape index (κ1) is 31.5. The lowest BCUT2D eigenvalue weighted by atomic mass is 9.97. The molecular formula is C34H47N5O5. The van der Waals surface area contributed by atoms with E-state index in [1.807, 2.05) is 69.3 Å². The van der Waals surface area contributed by atoms with Gasteiger partial charge in [0.05, 0.1) is 12.0 Å². The predicted octanol–water partition coefficient (Wildman–Crippen LogP) is 6.24. The SMILES string of the molecule is CC(C)(C)OC(=O)N1CCCC(C(=O)NCC2CCN(c3ccc(NC(=O)Nc4ccc(OC5CCCC5)cc4)cc3)C2)C1. The summed E-state index contributed by atoms with van der Waals surface area (Å²) < 4.78 is 11.5. The van der Waals surface area contributed by atoms with Gasteiger partial charge in [-0.05, 0) is 120 Å². The Morgan fingerprint density at radius 1 is 0.818 bits per heavy atom. The molecule has 44 heavy (non-hydrogen) atoms. The standard InChI is InChI=1S/C34H47N5O5/c1-34(2,3)44-33(42)39-19-6-7-25(23-39)31(40)35-21-24-18-20-38(22-24)28-14-10-26(11-15-28)36-32(41)37-27-12-16-30(17-13-27)43-29-8-4-5-9-29/h10-17,24-25,29H,4-9,18-23H2,1-3H3,(H,35,40)(H2,36,37,41). The quantitative estimate of drug-likeness (QED) is 0.328. The minimum absolute atomic E-state index is 0.0127. The minimum Gasteiger partial charge on any atom is -0.490 e. The summed E-state index contributed by atoms with van der Waals surface area (Å²) in [6.45, 7) is 8.95. The molecule has 1 aliphatic carbocycles. The molecule has 2 atom stereocenters. The first-order valence-electron chi connectivity index (χ1n) is 16.1. The van der Waals surface area contributed by atoms with Crippen LogP contribution in [0.3, 0.4) is 0 Å². The van der Waals surface area contributed by atoms with Gasteiger partial charge in [-0.1, -0.05) is 0 Å². The van der Waals surface area contributed by atoms with Crippen LogP contribution >= 0.6 is 0 Å². The van der Waals surface area contributed by atoms with E-state index < -0.39 is 5.60 Å². The number of carbonyl (C=O) groups is 3. The average Bonchev–Trinajstić information content (AvgIpc) is 3.69. The summed E-state index contributed by atoms with van der Waals surface area (Å²) in [5.74, 6) is 0.989. The largest absolute Gasteiger partial charge is 0.490 e. The molecule has 3 aliphatic rings. The van der Waals surface area contributed by atoms with Crippen molar-refractivity contribution in [1.29, 1.82) is 0 Å². The van der Waals surface area contributed by atoms with Gasteiger partial charge in [0.1, 0.15) is 11.4 Å².